The van der Waals surface area contributed by atoms with Crippen LogP contribution in [0.15, 0.2) is 42.5 Å². The maximum absolute atomic E-state index is 13.0. The number of hydrogen-bond donors (Lipinski definition) is 1. The topological polar surface area (TPSA) is 41.6 Å². The fraction of sp³-hybridized carbons (Fsp3) is 0.409. The lowest BCUT2D eigenvalue weighted by atomic mass is 9.96. The molecule has 6 heteroatoms. The van der Waals surface area contributed by atoms with E-state index in [0.717, 1.165) is 43.6 Å². The van der Waals surface area contributed by atoms with Gasteiger partial charge in [-0.1, -0.05) is 29.8 Å². The van der Waals surface area contributed by atoms with Crippen LogP contribution in [0, 0.1) is 18.7 Å². The number of piperidine rings is 1. The number of carbonyl (C=O) groups excluding carboxylic acids is 1. The molecule has 150 valence electrons. The Bertz CT molecular complexity index is 798. The Morgan fingerprint density at radius 1 is 1.29 bits per heavy atom. The van der Waals surface area contributed by atoms with Crippen molar-refractivity contribution in [2.75, 3.05) is 26.2 Å². The molecule has 0 spiro atoms. The second-order valence-corrected chi connectivity index (χ2v) is 7.66. The molecule has 2 aromatic carbocycles. The summed E-state index contributed by atoms with van der Waals surface area (Å²) in [6, 6.07) is 12.1. The standard InChI is InChI=1S/C22H26ClFN2O2/c1-16-4-9-20(13-21(16)23)28-12-10-25-22(27)18-3-2-11-26(15-18)14-17-5-7-19(24)8-6-17/h4-9,13,18H,2-3,10-12,14-15H2,1H3,(H,25,27). The van der Waals surface area contributed by atoms with Crippen molar-refractivity contribution in [2.45, 2.75) is 26.3 Å². The molecule has 1 unspecified atom stereocenters. The van der Waals surface area contributed by atoms with Crippen molar-refractivity contribution in [3.05, 3.63) is 64.4 Å². The van der Waals surface area contributed by atoms with Crippen molar-refractivity contribution in [1.29, 1.82) is 0 Å². The minimum absolute atomic E-state index is 0.0250. The highest BCUT2D eigenvalue weighted by molar-refractivity contribution is 6.31. The van der Waals surface area contributed by atoms with Gasteiger partial charge in [-0.3, -0.25) is 9.69 Å². The molecule has 1 aliphatic heterocycles. The Morgan fingerprint density at radius 3 is 2.82 bits per heavy atom. The Labute approximate surface area is 170 Å². The molecular formula is C22H26ClFN2O2. The first-order valence-electron chi connectivity index (χ1n) is 9.65. The van der Waals surface area contributed by atoms with Crippen molar-refractivity contribution in [2.24, 2.45) is 5.92 Å². The minimum atomic E-state index is -0.227. The minimum Gasteiger partial charge on any atom is -0.492 e. The third-order valence-electron chi connectivity index (χ3n) is 5.01. The summed E-state index contributed by atoms with van der Waals surface area (Å²) in [7, 11) is 0. The summed E-state index contributed by atoms with van der Waals surface area (Å²) >= 11 is 6.09. The van der Waals surface area contributed by atoms with Gasteiger partial charge in [-0.2, -0.15) is 0 Å². The molecule has 2 aromatic rings. The molecule has 3 rings (SSSR count). The number of likely N-dealkylation sites (tertiary alicyclic amines) is 1. The van der Waals surface area contributed by atoms with Crippen LogP contribution in [-0.2, 0) is 11.3 Å². The molecule has 0 aliphatic carbocycles. The van der Waals surface area contributed by atoms with E-state index in [0.29, 0.717) is 23.9 Å². The maximum atomic E-state index is 13.0. The monoisotopic (exact) mass is 404 g/mol. The molecule has 1 N–H and O–H groups in total. The first-order chi connectivity index (χ1) is 13.5. The van der Waals surface area contributed by atoms with Crippen molar-refractivity contribution in [3.63, 3.8) is 0 Å². The lowest BCUT2D eigenvalue weighted by Gasteiger charge is -2.32. The number of ether oxygens (including phenoxy) is 1. The van der Waals surface area contributed by atoms with Gasteiger partial charge in [0.25, 0.3) is 0 Å². The van der Waals surface area contributed by atoms with Crippen LogP contribution in [0.3, 0.4) is 0 Å². The quantitative estimate of drug-likeness (QED) is 0.703. The van der Waals surface area contributed by atoms with Crippen molar-refractivity contribution in [1.82, 2.24) is 10.2 Å². The van der Waals surface area contributed by atoms with Gasteiger partial charge < -0.3 is 10.1 Å². The number of halogens is 2. The average Bonchev–Trinajstić information content (AvgIpc) is 2.70. The van der Waals surface area contributed by atoms with Gasteiger partial charge in [0.15, 0.2) is 0 Å². The molecular weight excluding hydrogens is 379 g/mol. The number of rotatable bonds is 7. The van der Waals surface area contributed by atoms with Crippen LogP contribution in [0.5, 0.6) is 5.75 Å². The van der Waals surface area contributed by atoms with Crippen LogP contribution in [0.2, 0.25) is 5.02 Å². The van der Waals surface area contributed by atoms with E-state index in [1.165, 1.54) is 12.1 Å². The van der Waals surface area contributed by atoms with E-state index in [1.807, 2.05) is 19.1 Å². The summed E-state index contributed by atoms with van der Waals surface area (Å²) in [6.07, 6.45) is 1.87. The predicted molar refractivity (Wildman–Crippen MR) is 109 cm³/mol. The molecule has 28 heavy (non-hydrogen) atoms. The largest absolute Gasteiger partial charge is 0.492 e. The molecule has 1 atom stereocenters. The molecule has 0 radical (unpaired) electrons. The summed E-state index contributed by atoms with van der Waals surface area (Å²) in [6.45, 7) is 5.21. The fourth-order valence-corrected chi connectivity index (χ4v) is 3.58. The summed E-state index contributed by atoms with van der Waals surface area (Å²) < 4.78 is 18.7. The average molecular weight is 405 g/mol. The second kappa shape index (κ2) is 9.89. The van der Waals surface area contributed by atoms with Crippen LogP contribution in [0.25, 0.3) is 0 Å². The van der Waals surface area contributed by atoms with Crippen LogP contribution >= 0.6 is 11.6 Å². The summed E-state index contributed by atoms with van der Waals surface area (Å²) in [5.41, 5.74) is 2.07. The highest BCUT2D eigenvalue weighted by Crippen LogP contribution is 2.22. The Hall–Kier alpha value is -2.11. The van der Waals surface area contributed by atoms with Gasteiger partial charge in [0.2, 0.25) is 5.91 Å². The molecule has 1 heterocycles. The molecule has 0 bridgehead atoms. The number of hydrogen-bond acceptors (Lipinski definition) is 3. The zero-order valence-corrected chi connectivity index (χ0v) is 16.8. The highest BCUT2D eigenvalue weighted by atomic mass is 35.5. The van der Waals surface area contributed by atoms with E-state index in [2.05, 4.69) is 10.2 Å². The highest BCUT2D eigenvalue weighted by Gasteiger charge is 2.25. The molecule has 1 aliphatic rings. The normalized spacial score (nSPS) is 17.3. The number of amides is 1. The third-order valence-corrected chi connectivity index (χ3v) is 5.42. The first-order valence-corrected chi connectivity index (χ1v) is 10.0. The molecule has 1 amide bonds. The third kappa shape index (κ3) is 5.94. The Morgan fingerprint density at radius 2 is 2.07 bits per heavy atom. The Kier molecular flexibility index (Phi) is 7.29. The summed E-state index contributed by atoms with van der Waals surface area (Å²) in [5, 5.41) is 3.64. The zero-order valence-electron chi connectivity index (χ0n) is 16.1. The fourth-order valence-electron chi connectivity index (χ4n) is 3.41. The van der Waals surface area contributed by atoms with E-state index in [4.69, 9.17) is 16.3 Å². The van der Waals surface area contributed by atoms with Crippen LogP contribution in [0.4, 0.5) is 4.39 Å². The van der Waals surface area contributed by atoms with Gasteiger partial charge in [-0.05, 0) is 61.7 Å². The van der Waals surface area contributed by atoms with Crippen molar-refractivity contribution < 1.29 is 13.9 Å². The van der Waals surface area contributed by atoms with Gasteiger partial charge in [-0.15, -0.1) is 0 Å². The van der Waals surface area contributed by atoms with Gasteiger partial charge in [0.05, 0.1) is 12.5 Å². The number of benzene rings is 2. The molecule has 1 fully saturated rings. The summed E-state index contributed by atoms with van der Waals surface area (Å²) in [4.78, 5) is 14.7. The molecule has 4 nitrogen and oxygen atoms in total. The lowest BCUT2D eigenvalue weighted by Crippen LogP contribution is -2.43. The van der Waals surface area contributed by atoms with Gasteiger partial charge >= 0.3 is 0 Å². The van der Waals surface area contributed by atoms with E-state index in [1.54, 1.807) is 18.2 Å². The number of aryl methyl sites for hydroxylation is 1. The summed E-state index contributed by atoms with van der Waals surface area (Å²) in [5.74, 6) is 0.514. The van der Waals surface area contributed by atoms with E-state index in [9.17, 15) is 9.18 Å². The van der Waals surface area contributed by atoms with Crippen molar-refractivity contribution >= 4 is 17.5 Å². The van der Waals surface area contributed by atoms with Crippen LogP contribution in [-0.4, -0.2) is 37.0 Å². The van der Waals surface area contributed by atoms with E-state index in [-0.39, 0.29) is 17.6 Å². The van der Waals surface area contributed by atoms with Gasteiger partial charge in [-0.25, -0.2) is 4.39 Å². The van der Waals surface area contributed by atoms with Crippen LogP contribution < -0.4 is 10.1 Å². The number of nitrogens with zero attached hydrogens (tertiary/aromatic N) is 1. The molecule has 0 saturated carbocycles. The first kappa shape index (κ1) is 20.6. The van der Waals surface area contributed by atoms with Gasteiger partial charge in [0, 0.05) is 18.1 Å². The van der Waals surface area contributed by atoms with E-state index < -0.39 is 0 Å². The van der Waals surface area contributed by atoms with Crippen LogP contribution in [0.1, 0.15) is 24.0 Å². The molecule has 0 aromatic heterocycles. The smallest absolute Gasteiger partial charge is 0.224 e. The van der Waals surface area contributed by atoms with Gasteiger partial charge in [0.1, 0.15) is 18.2 Å². The SMILES string of the molecule is Cc1ccc(OCCNC(=O)C2CCCN(Cc3ccc(F)cc3)C2)cc1Cl. The number of carbonyl (C=O) groups is 1. The zero-order chi connectivity index (χ0) is 19.9. The maximum Gasteiger partial charge on any atom is 0.224 e. The Balaban J connectivity index is 1.41. The lowest BCUT2D eigenvalue weighted by molar-refractivity contribution is -0.126. The van der Waals surface area contributed by atoms with Crippen molar-refractivity contribution in [3.8, 4) is 5.75 Å². The second-order valence-electron chi connectivity index (χ2n) is 7.25. The van der Waals surface area contributed by atoms with E-state index >= 15 is 0 Å². The predicted octanol–water partition coefficient (Wildman–Crippen LogP) is 4.19. The number of nitrogens with one attached hydrogen (secondary N) is 1. The molecule has 1 saturated heterocycles.